The molecule has 0 saturated carbocycles. The SMILES string of the molecule is COc1ccc(OC)c(C(Cl)c2ccccc2F)c1. The maximum atomic E-state index is 13.8. The van der Waals surface area contributed by atoms with Gasteiger partial charge in [0.2, 0.25) is 0 Å². The van der Waals surface area contributed by atoms with E-state index >= 15 is 0 Å². The van der Waals surface area contributed by atoms with Crippen LogP contribution in [0.2, 0.25) is 0 Å². The van der Waals surface area contributed by atoms with Gasteiger partial charge in [-0.1, -0.05) is 18.2 Å². The predicted octanol–water partition coefficient (Wildman–Crippen LogP) is 4.17. The molecule has 0 aromatic heterocycles. The van der Waals surface area contributed by atoms with Gasteiger partial charge in [0.05, 0.1) is 19.6 Å². The molecule has 100 valence electrons. The number of rotatable bonds is 4. The van der Waals surface area contributed by atoms with Gasteiger partial charge in [-0.3, -0.25) is 0 Å². The summed E-state index contributed by atoms with van der Waals surface area (Å²) in [4.78, 5) is 0. The van der Waals surface area contributed by atoms with Gasteiger partial charge in [0.15, 0.2) is 0 Å². The number of halogens is 2. The Morgan fingerprint density at radius 3 is 2.37 bits per heavy atom. The van der Waals surface area contributed by atoms with Crippen molar-refractivity contribution in [3.8, 4) is 11.5 Å². The highest BCUT2D eigenvalue weighted by Crippen LogP contribution is 2.38. The number of methoxy groups -OCH3 is 2. The summed E-state index contributed by atoms with van der Waals surface area (Å²) in [6, 6.07) is 11.7. The van der Waals surface area contributed by atoms with E-state index in [0.29, 0.717) is 22.6 Å². The van der Waals surface area contributed by atoms with Crippen molar-refractivity contribution in [1.29, 1.82) is 0 Å². The Balaban J connectivity index is 2.48. The normalized spacial score (nSPS) is 12.0. The molecule has 2 aromatic carbocycles. The molecule has 0 aliphatic carbocycles. The highest BCUT2D eigenvalue weighted by molar-refractivity contribution is 6.22. The van der Waals surface area contributed by atoms with Crippen molar-refractivity contribution in [2.24, 2.45) is 0 Å². The summed E-state index contributed by atoms with van der Waals surface area (Å²) >= 11 is 6.37. The maximum Gasteiger partial charge on any atom is 0.128 e. The summed E-state index contributed by atoms with van der Waals surface area (Å²) in [7, 11) is 3.12. The topological polar surface area (TPSA) is 18.5 Å². The van der Waals surface area contributed by atoms with Crippen molar-refractivity contribution in [3.63, 3.8) is 0 Å². The summed E-state index contributed by atoms with van der Waals surface area (Å²) in [6.07, 6.45) is 0. The van der Waals surface area contributed by atoms with E-state index in [9.17, 15) is 4.39 Å². The molecule has 19 heavy (non-hydrogen) atoms. The monoisotopic (exact) mass is 280 g/mol. The fraction of sp³-hybridized carbons (Fsp3) is 0.200. The molecule has 0 amide bonds. The predicted molar refractivity (Wildman–Crippen MR) is 73.6 cm³/mol. The fourth-order valence-electron chi connectivity index (χ4n) is 1.89. The third kappa shape index (κ3) is 2.82. The average molecular weight is 281 g/mol. The standard InChI is InChI=1S/C15H14ClFO2/c1-18-10-7-8-14(19-2)12(9-10)15(16)11-5-3-4-6-13(11)17/h3-9,15H,1-2H3. The molecular weight excluding hydrogens is 267 g/mol. The molecule has 1 unspecified atom stereocenters. The molecule has 0 heterocycles. The number of alkyl halides is 1. The molecule has 0 N–H and O–H groups in total. The van der Waals surface area contributed by atoms with Gasteiger partial charge in [-0.05, 0) is 24.3 Å². The second-order valence-electron chi connectivity index (χ2n) is 3.99. The van der Waals surface area contributed by atoms with Crippen LogP contribution < -0.4 is 9.47 Å². The minimum absolute atomic E-state index is 0.340. The van der Waals surface area contributed by atoms with Gasteiger partial charge >= 0.3 is 0 Å². The number of benzene rings is 2. The lowest BCUT2D eigenvalue weighted by Gasteiger charge is -2.16. The van der Waals surface area contributed by atoms with Crippen LogP contribution in [0.4, 0.5) is 4.39 Å². The second-order valence-corrected chi connectivity index (χ2v) is 4.43. The van der Waals surface area contributed by atoms with Crippen LogP contribution in [0.1, 0.15) is 16.5 Å². The van der Waals surface area contributed by atoms with Crippen LogP contribution >= 0.6 is 11.6 Å². The van der Waals surface area contributed by atoms with Crippen LogP contribution in [0.15, 0.2) is 42.5 Å². The zero-order valence-corrected chi connectivity index (χ0v) is 11.4. The maximum absolute atomic E-state index is 13.8. The first-order chi connectivity index (χ1) is 9.17. The van der Waals surface area contributed by atoms with E-state index in [2.05, 4.69) is 0 Å². The van der Waals surface area contributed by atoms with E-state index in [0.717, 1.165) is 0 Å². The van der Waals surface area contributed by atoms with Gasteiger partial charge in [-0.2, -0.15) is 0 Å². The number of hydrogen-bond donors (Lipinski definition) is 0. The largest absolute Gasteiger partial charge is 0.497 e. The molecule has 0 aliphatic rings. The van der Waals surface area contributed by atoms with Gasteiger partial charge < -0.3 is 9.47 Å². The van der Waals surface area contributed by atoms with E-state index in [4.69, 9.17) is 21.1 Å². The van der Waals surface area contributed by atoms with Crippen LogP contribution in [0.5, 0.6) is 11.5 Å². The highest BCUT2D eigenvalue weighted by atomic mass is 35.5. The van der Waals surface area contributed by atoms with Crippen molar-refractivity contribution in [2.45, 2.75) is 5.38 Å². The van der Waals surface area contributed by atoms with E-state index in [1.54, 1.807) is 50.6 Å². The molecular formula is C15H14ClFO2. The van der Waals surface area contributed by atoms with Crippen molar-refractivity contribution >= 4 is 11.6 Å². The summed E-state index contributed by atoms with van der Waals surface area (Å²) in [5.41, 5.74) is 1.09. The fourth-order valence-corrected chi connectivity index (χ4v) is 2.23. The third-order valence-electron chi connectivity index (χ3n) is 2.89. The quantitative estimate of drug-likeness (QED) is 0.783. The second kappa shape index (κ2) is 5.93. The van der Waals surface area contributed by atoms with Crippen LogP contribution in [-0.2, 0) is 0 Å². The molecule has 1 atom stereocenters. The molecule has 0 bridgehead atoms. The van der Waals surface area contributed by atoms with Crippen molar-refractivity contribution < 1.29 is 13.9 Å². The van der Waals surface area contributed by atoms with Crippen LogP contribution in [0.3, 0.4) is 0 Å². The van der Waals surface area contributed by atoms with Crippen molar-refractivity contribution in [3.05, 3.63) is 59.4 Å². The Kier molecular flexibility index (Phi) is 4.27. The molecule has 0 radical (unpaired) electrons. The summed E-state index contributed by atoms with van der Waals surface area (Å²) < 4.78 is 24.2. The Morgan fingerprint density at radius 2 is 1.74 bits per heavy atom. The first-order valence-corrected chi connectivity index (χ1v) is 6.21. The molecule has 0 saturated heterocycles. The Morgan fingerprint density at radius 1 is 1.00 bits per heavy atom. The van der Waals surface area contributed by atoms with Gasteiger partial charge in [0.1, 0.15) is 17.3 Å². The van der Waals surface area contributed by atoms with Gasteiger partial charge in [0.25, 0.3) is 0 Å². The Hall–Kier alpha value is -1.74. The molecule has 0 aliphatic heterocycles. The molecule has 2 rings (SSSR count). The Bertz CT molecular complexity index is 572. The van der Waals surface area contributed by atoms with Crippen molar-refractivity contribution in [1.82, 2.24) is 0 Å². The lowest BCUT2D eigenvalue weighted by atomic mass is 10.0. The minimum atomic E-state index is -0.633. The zero-order chi connectivity index (χ0) is 13.8. The highest BCUT2D eigenvalue weighted by Gasteiger charge is 2.19. The molecule has 2 aromatic rings. The number of hydrogen-bond acceptors (Lipinski definition) is 2. The first-order valence-electron chi connectivity index (χ1n) is 5.77. The van der Waals surface area contributed by atoms with Crippen LogP contribution in [-0.4, -0.2) is 14.2 Å². The van der Waals surface area contributed by atoms with Crippen LogP contribution in [0, 0.1) is 5.82 Å². The third-order valence-corrected chi connectivity index (χ3v) is 3.36. The summed E-state index contributed by atoms with van der Waals surface area (Å²) in [5.74, 6) is 0.911. The minimum Gasteiger partial charge on any atom is -0.497 e. The molecule has 0 spiro atoms. The lowest BCUT2D eigenvalue weighted by molar-refractivity contribution is 0.399. The number of ether oxygens (including phenoxy) is 2. The summed E-state index contributed by atoms with van der Waals surface area (Å²) in [6.45, 7) is 0. The summed E-state index contributed by atoms with van der Waals surface area (Å²) in [5, 5.41) is -0.633. The van der Waals surface area contributed by atoms with E-state index in [1.165, 1.54) is 6.07 Å². The van der Waals surface area contributed by atoms with Gasteiger partial charge in [0, 0.05) is 11.1 Å². The van der Waals surface area contributed by atoms with Gasteiger partial charge in [-0.25, -0.2) is 4.39 Å². The van der Waals surface area contributed by atoms with E-state index in [-0.39, 0.29) is 5.82 Å². The molecule has 2 nitrogen and oxygen atoms in total. The molecule has 4 heteroatoms. The Labute approximate surface area is 116 Å². The van der Waals surface area contributed by atoms with Crippen LogP contribution in [0.25, 0.3) is 0 Å². The zero-order valence-electron chi connectivity index (χ0n) is 10.7. The lowest BCUT2D eigenvalue weighted by Crippen LogP contribution is -2.00. The van der Waals surface area contributed by atoms with E-state index < -0.39 is 5.38 Å². The smallest absolute Gasteiger partial charge is 0.128 e. The first kappa shape index (κ1) is 13.7. The van der Waals surface area contributed by atoms with E-state index in [1.807, 2.05) is 0 Å². The average Bonchev–Trinajstić information content (AvgIpc) is 2.46. The van der Waals surface area contributed by atoms with Crippen molar-refractivity contribution in [2.75, 3.05) is 14.2 Å². The molecule has 0 fully saturated rings. The van der Waals surface area contributed by atoms with Gasteiger partial charge in [-0.15, -0.1) is 11.6 Å².